The van der Waals surface area contributed by atoms with Gasteiger partial charge in [-0.1, -0.05) is 34.4 Å². The van der Waals surface area contributed by atoms with Gasteiger partial charge in [-0.25, -0.2) is 0 Å². The Kier molecular flexibility index (Phi) is 4.21. The molecule has 0 saturated heterocycles. The topological polar surface area (TPSA) is 22.0 Å². The van der Waals surface area contributed by atoms with Gasteiger partial charge in [0.15, 0.2) is 0 Å². The molecule has 0 aliphatic heterocycles. The molecule has 2 rings (SSSR count). The highest BCUT2D eigenvalue weighted by atomic mass is 79.9. The average molecular weight is 300 g/mol. The highest BCUT2D eigenvalue weighted by molar-refractivity contribution is 9.10. The Hall–Kier alpha value is -1.55. The highest BCUT2D eigenvalue weighted by Gasteiger charge is 1.99. The third-order valence-corrected chi connectivity index (χ3v) is 3.02. The smallest absolute Gasteiger partial charge is 0.255 e. The summed E-state index contributed by atoms with van der Waals surface area (Å²) in [4.78, 5) is 12.0. The quantitative estimate of drug-likeness (QED) is 0.798. The number of pyridine rings is 1. The van der Waals surface area contributed by atoms with E-state index in [0.717, 1.165) is 15.7 Å². The molecule has 2 aromatic rings. The van der Waals surface area contributed by atoms with Gasteiger partial charge >= 0.3 is 0 Å². The second-order valence-electron chi connectivity index (χ2n) is 3.78. The summed E-state index contributed by atoms with van der Waals surface area (Å²) in [5.41, 5.74) is 1.65. The molecule has 0 saturated carbocycles. The van der Waals surface area contributed by atoms with Crippen molar-refractivity contribution in [1.82, 2.24) is 4.57 Å². The minimum Gasteiger partial charge on any atom is -0.284 e. The highest BCUT2D eigenvalue weighted by Crippen LogP contribution is 2.13. The summed E-state index contributed by atoms with van der Waals surface area (Å²) >= 11 is 3.37. The van der Waals surface area contributed by atoms with E-state index in [1.807, 2.05) is 42.5 Å². The second kappa shape index (κ2) is 5.87. The van der Waals surface area contributed by atoms with E-state index in [1.165, 1.54) is 0 Å². The minimum absolute atomic E-state index is 0.0588. The molecule has 0 bridgehead atoms. The van der Waals surface area contributed by atoms with Crippen molar-refractivity contribution in [2.24, 2.45) is 0 Å². The third-order valence-electron chi connectivity index (χ3n) is 2.49. The van der Waals surface area contributed by atoms with E-state index >= 15 is 0 Å². The zero-order valence-corrected chi connectivity index (χ0v) is 11.3. The number of allylic oxidation sites excluding steroid dienone is 1. The normalized spacial score (nSPS) is 10.9. The van der Waals surface area contributed by atoms with Crippen molar-refractivity contribution in [3.05, 3.63) is 69.1 Å². The van der Waals surface area contributed by atoms with Crippen LogP contribution < -0.4 is 5.56 Å². The molecule has 0 atom stereocenters. The van der Waals surface area contributed by atoms with Crippen LogP contribution >= 0.6 is 15.9 Å². The van der Waals surface area contributed by atoms with E-state index in [-0.39, 0.29) is 5.56 Å². The van der Waals surface area contributed by atoms with Gasteiger partial charge in [-0.3, -0.25) is 9.36 Å². The van der Waals surface area contributed by atoms with Crippen molar-refractivity contribution in [2.75, 3.05) is 0 Å². The SMILES string of the molecule is [B]C/C=C/c1ccn(-c2ccc(Br)cc2)c(=O)c1. The van der Waals surface area contributed by atoms with Crippen molar-refractivity contribution in [1.29, 1.82) is 0 Å². The lowest BCUT2D eigenvalue weighted by molar-refractivity contribution is 0.988. The molecule has 2 radical (unpaired) electrons. The summed E-state index contributed by atoms with van der Waals surface area (Å²) in [5.74, 6) is 0. The fraction of sp³-hybridized carbons (Fsp3) is 0.0714. The predicted octanol–water partition coefficient (Wildman–Crippen LogP) is 3.20. The number of halogens is 1. The number of nitrogens with zero attached hydrogens (tertiary/aromatic N) is 1. The largest absolute Gasteiger partial charge is 0.284 e. The third kappa shape index (κ3) is 3.02. The van der Waals surface area contributed by atoms with Crippen molar-refractivity contribution < 1.29 is 0 Å². The minimum atomic E-state index is -0.0588. The molecule has 0 amide bonds. The first-order valence-electron chi connectivity index (χ1n) is 5.56. The lowest BCUT2D eigenvalue weighted by Crippen LogP contribution is -2.16. The van der Waals surface area contributed by atoms with E-state index in [2.05, 4.69) is 15.9 Å². The van der Waals surface area contributed by atoms with Gasteiger partial charge in [-0.2, -0.15) is 0 Å². The Bertz CT molecular complexity index is 616. The first-order chi connectivity index (χ1) is 8.70. The van der Waals surface area contributed by atoms with E-state index in [4.69, 9.17) is 7.85 Å². The molecule has 0 fully saturated rings. The Balaban J connectivity index is 2.38. The molecule has 0 aliphatic carbocycles. The maximum atomic E-state index is 12.0. The zero-order valence-electron chi connectivity index (χ0n) is 9.71. The van der Waals surface area contributed by atoms with Crippen LogP contribution in [0.4, 0.5) is 0 Å². The Labute approximate surface area is 116 Å². The van der Waals surface area contributed by atoms with Crippen molar-refractivity contribution in [3.8, 4) is 5.69 Å². The molecule has 0 spiro atoms. The molecule has 1 heterocycles. The van der Waals surface area contributed by atoms with Crippen LogP contribution in [-0.4, -0.2) is 12.4 Å². The first-order valence-corrected chi connectivity index (χ1v) is 6.35. The fourth-order valence-electron chi connectivity index (χ4n) is 1.62. The lowest BCUT2D eigenvalue weighted by Gasteiger charge is -2.05. The first kappa shape index (κ1) is 12.9. The van der Waals surface area contributed by atoms with Crippen molar-refractivity contribution >= 4 is 29.9 Å². The molecular weight excluding hydrogens is 289 g/mol. The molecule has 18 heavy (non-hydrogen) atoms. The molecule has 0 unspecified atom stereocenters. The molecule has 0 N–H and O–H groups in total. The molecule has 2 nitrogen and oxygen atoms in total. The zero-order chi connectivity index (χ0) is 13.0. The van der Waals surface area contributed by atoms with Crippen LogP contribution in [0.5, 0.6) is 0 Å². The van der Waals surface area contributed by atoms with Gasteiger partial charge in [0.2, 0.25) is 0 Å². The van der Waals surface area contributed by atoms with Crippen LogP contribution in [0.1, 0.15) is 5.56 Å². The van der Waals surface area contributed by atoms with Crippen LogP contribution in [-0.2, 0) is 0 Å². The summed E-state index contributed by atoms with van der Waals surface area (Å²) in [7, 11) is 5.37. The maximum Gasteiger partial charge on any atom is 0.255 e. The molecule has 88 valence electrons. The molecule has 0 aliphatic rings. The maximum absolute atomic E-state index is 12.0. The van der Waals surface area contributed by atoms with Crippen molar-refractivity contribution in [3.63, 3.8) is 0 Å². The van der Waals surface area contributed by atoms with Gasteiger partial charge in [0.1, 0.15) is 0 Å². The van der Waals surface area contributed by atoms with E-state index in [9.17, 15) is 4.79 Å². The Morgan fingerprint density at radius 3 is 2.56 bits per heavy atom. The van der Waals surface area contributed by atoms with Gasteiger partial charge < -0.3 is 0 Å². The molecule has 1 aromatic carbocycles. The second-order valence-corrected chi connectivity index (χ2v) is 4.70. The number of hydrogen-bond donors (Lipinski definition) is 0. The standard InChI is InChI=1S/C14H11BBrNO/c15-8-1-2-11-7-9-17(14(18)10-11)13-5-3-12(16)4-6-13/h1-7,9-10H,8H2/b2-1+. The van der Waals surface area contributed by atoms with Gasteiger partial charge in [-0.05, 0) is 35.9 Å². The Morgan fingerprint density at radius 2 is 1.94 bits per heavy atom. The van der Waals surface area contributed by atoms with Gasteiger partial charge in [0.05, 0.1) is 7.85 Å². The number of benzene rings is 1. The summed E-state index contributed by atoms with van der Waals surface area (Å²) < 4.78 is 2.59. The van der Waals surface area contributed by atoms with E-state index in [0.29, 0.717) is 6.32 Å². The van der Waals surface area contributed by atoms with Gasteiger partial charge in [0, 0.05) is 22.4 Å². The van der Waals surface area contributed by atoms with Crippen LogP contribution in [0.25, 0.3) is 11.8 Å². The Morgan fingerprint density at radius 1 is 1.22 bits per heavy atom. The van der Waals surface area contributed by atoms with E-state index in [1.54, 1.807) is 16.8 Å². The fourth-order valence-corrected chi connectivity index (χ4v) is 1.88. The lowest BCUT2D eigenvalue weighted by atomic mass is 10.0. The van der Waals surface area contributed by atoms with Crippen LogP contribution in [0.15, 0.2) is 57.9 Å². The van der Waals surface area contributed by atoms with Crippen LogP contribution in [0.2, 0.25) is 6.32 Å². The number of rotatable bonds is 3. The number of aromatic nitrogens is 1. The molecule has 4 heteroatoms. The van der Waals surface area contributed by atoms with Crippen molar-refractivity contribution in [2.45, 2.75) is 6.32 Å². The molecular formula is C14H11BBrNO. The summed E-state index contributed by atoms with van der Waals surface area (Å²) in [5, 5.41) is 0. The predicted molar refractivity (Wildman–Crippen MR) is 79.3 cm³/mol. The number of hydrogen-bond acceptors (Lipinski definition) is 1. The van der Waals surface area contributed by atoms with Gasteiger partial charge in [0.25, 0.3) is 5.56 Å². The summed E-state index contributed by atoms with van der Waals surface area (Å²) in [6, 6.07) is 11.1. The van der Waals surface area contributed by atoms with Crippen LogP contribution in [0, 0.1) is 0 Å². The average Bonchev–Trinajstić information content (AvgIpc) is 2.38. The van der Waals surface area contributed by atoms with E-state index < -0.39 is 0 Å². The summed E-state index contributed by atoms with van der Waals surface area (Å²) in [6.45, 7) is 0. The molecule has 1 aromatic heterocycles. The summed E-state index contributed by atoms with van der Waals surface area (Å²) in [6.07, 6.45) is 5.89. The van der Waals surface area contributed by atoms with Gasteiger partial charge in [-0.15, -0.1) is 0 Å². The van der Waals surface area contributed by atoms with Crippen LogP contribution in [0.3, 0.4) is 0 Å². The monoisotopic (exact) mass is 299 g/mol.